The van der Waals surface area contributed by atoms with E-state index in [1.54, 1.807) is 12.1 Å². The van der Waals surface area contributed by atoms with E-state index < -0.39 is 10.0 Å². The number of ketones is 1. The van der Waals surface area contributed by atoms with Gasteiger partial charge in [-0.15, -0.1) is 0 Å². The number of carbonyl (C=O) groups excluding carboxylic acids is 2. The first kappa shape index (κ1) is 19.5. The van der Waals surface area contributed by atoms with Crippen molar-refractivity contribution in [3.8, 4) is 0 Å². The molecule has 128 valence electrons. The summed E-state index contributed by atoms with van der Waals surface area (Å²) >= 11 is 0. The molecule has 0 unspecified atom stereocenters. The lowest BCUT2D eigenvalue weighted by atomic mass is 10.0. The fraction of sp³-hybridized carbons (Fsp3) is 0.529. The Labute approximate surface area is 138 Å². The molecule has 0 saturated heterocycles. The second kappa shape index (κ2) is 8.93. The minimum Gasteiger partial charge on any atom is -0.302 e. The van der Waals surface area contributed by atoms with Crippen molar-refractivity contribution in [1.82, 2.24) is 4.31 Å². The largest absolute Gasteiger partial charge is 0.302 e. The van der Waals surface area contributed by atoms with Crippen LogP contribution in [0.4, 0.5) is 0 Å². The maximum atomic E-state index is 12.6. The third-order valence-corrected chi connectivity index (χ3v) is 5.46. The third-order valence-electron chi connectivity index (χ3n) is 3.58. The van der Waals surface area contributed by atoms with Crippen LogP contribution in [0, 0.1) is 12.8 Å². The lowest BCUT2D eigenvalue weighted by Gasteiger charge is -2.19. The highest BCUT2D eigenvalue weighted by Gasteiger charge is 2.24. The van der Waals surface area contributed by atoms with Gasteiger partial charge in [0.25, 0.3) is 0 Å². The van der Waals surface area contributed by atoms with E-state index in [0.717, 1.165) is 16.3 Å². The Morgan fingerprint density at radius 2 is 1.78 bits per heavy atom. The van der Waals surface area contributed by atoms with Crippen LogP contribution in [0.25, 0.3) is 0 Å². The molecule has 0 amide bonds. The molecule has 0 aliphatic carbocycles. The van der Waals surface area contributed by atoms with Crippen LogP contribution in [0.3, 0.4) is 0 Å². The van der Waals surface area contributed by atoms with Gasteiger partial charge in [-0.1, -0.05) is 31.5 Å². The van der Waals surface area contributed by atoms with Crippen LogP contribution >= 0.6 is 0 Å². The molecule has 0 fully saturated rings. The van der Waals surface area contributed by atoms with Gasteiger partial charge in [0.1, 0.15) is 12.1 Å². The first-order valence-corrected chi connectivity index (χ1v) is 9.23. The van der Waals surface area contributed by atoms with Crippen LogP contribution in [0.15, 0.2) is 29.2 Å². The molecular formula is C17H25NO4S. The van der Waals surface area contributed by atoms with Crippen molar-refractivity contribution in [3.63, 3.8) is 0 Å². The molecule has 0 aliphatic rings. The molecule has 0 aliphatic heterocycles. The summed E-state index contributed by atoms with van der Waals surface area (Å²) in [7, 11) is -3.76. The SMILES string of the molecule is Cc1ccc(S(=O)(=O)N(CC=O)CCC(=O)CCC(C)C)cc1. The van der Waals surface area contributed by atoms with Crippen LogP contribution in [-0.4, -0.2) is 37.9 Å². The summed E-state index contributed by atoms with van der Waals surface area (Å²) in [6.45, 7) is 5.73. The molecule has 0 atom stereocenters. The van der Waals surface area contributed by atoms with E-state index in [9.17, 15) is 18.0 Å². The zero-order valence-electron chi connectivity index (χ0n) is 14.0. The topological polar surface area (TPSA) is 71.5 Å². The monoisotopic (exact) mass is 339 g/mol. The van der Waals surface area contributed by atoms with Crippen LogP contribution in [0.2, 0.25) is 0 Å². The predicted molar refractivity (Wildman–Crippen MR) is 89.7 cm³/mol. The third kappa shape index (κ3) is 6.23. The second-order valence-electron chi connectivity index (χ2n) is 6.06. The van der Waals surface area contributed by atoms with Gasteiger partial charge in [0.15, 0.2) is 0 Å². The van der Waals surface area contributed by atoms with E-state index >= 15 is 0 Å². The number of nitrogens with zero attached hydrogens (tertiary/aromatic N) is 1. The Morgan fingerprint density at radius 3 is 2.30 bits per heavy atom. The molecule has 0 heterocycles. The van der Waals surface area contributed by atoms with Gasteiger partial charge in [-0.2, -0.15) is 4.31 Å². The average molecular weight is 339 g/mol. The number of carbonyl (C=O) groups is 2. The summed E-state index contributed by atoms with van der Waals surface area (Å²) < 4.78 is 26.2. The molecule has 1 aromatic rings. The Morgan fingerprint density at radius 1 is 1.17 bits per heavy atom. The maximum Gasteiger partial charge on any atom is 0.243 e. The maximum absolute atomic E-state index is 12.6. The zero-order valence-corrected chi connectivity index (χ0v) is 14.8. The number of Topliss-reactive ketones (excluding diaryl/α,β-unsaturated/α-hetero) is 1. The minimum absolute atomic E-state index is 0.0219. The fourth-order valence-corrected chi connectivity index (χ4v) is 3.44. The number of sulfonamides is 1. The number of aldehydes is 1. The molecular weight excluding hydrogens is 314 g/mol. The number of aryl methyl sites for hydroxylation is 1. The van der Waals surface area contributed by atoms with Crippen LogP contribution < -0.4 is 0 Å². The van der Waals surface area contributed by atoms with Gasteiger partial charge in [0.05, 0.1) is 11.4 Å². The van der Waals surface area contributed by atoms with Crippen LogP contribution in [-0.2, 0) is 19.6 Å². The lowest BCUT2D eigenvalue weighted by Crippen LogP contribution is -2.34. The number of hydrogen-bond donors (Lipinski definition) is 0. The number of rotatable bonds is 10. The summed E-state index contributed by atoms with van der Waals surface area (Å²) in [6.07, 6.45) is 1.91. The number of benzene rings is 1. The van der Waals surface area contributed by atoms with Crippen molar-refractivity contribution >= 4 is 22.1 Å². The molecule has 1 aromatic carbocycles. The highest BCUT2D eigenvalue weighted by atomic mass is 32.2. The summed E-state index contributed by atoms with van der Waals surface area (Å²) in [4.78, 5) is 22.8. The number of hydrogen-bond acceptors (Lipinski definition) is 4. The smallest absolute Gasteiger partial charge is 0.243 e. The Balaban J connectivity index is 2.78. The van der Waals surface area contributed by atoms with Crippen LogP contribution in [0.5, 0.6) is 0 Å². The first-order valence-electron chi connectivity index (χ1n) is 7.79. The van der Waals surface area contributed by atoms with Crippen molar-refractivity contribution in [3.05, 3.63) is 29.8 Å². The van der Waals surface area contributed by atoms with E-state index in [-0.39, 0.29) is 30.2 Å². The highest BCUT2D eigenvalue weighted by Crippen LogP contribution is 2.17. The second-order valence-corrected chi connectivity index (χ2v) is 8.00. The molecule has 0 saturated carbocycles. The lowest BCUT2D eigenvalue weighted by molar-refractivity contribution is -0.119. The van der Waals surface area contributed by atoms with Crippen molar-refractivity contribution in [2.75, 3.05) is 13.1 Å². The van der Waals surface area contributed by atoms with E-state index in [1.165, 1.54) is 12.1 Å². The quantitative estimate of drug-likeness (QED) is 0.614. The molecule has 0 N–H and O–H groups in total. The normalized spacial score (nSPS) is 11.9. The van der Waals surface area contributed by atoms with Gasteiger partial charge < -0.3 is 4.79 Å². The molecule has 0 spiro atoms. The average Bonchev–Trinajstić information content (AvgIpc) is 2.49. The van der Waals surface area contributed by atoms with E-state index in [4.69, 9.17) is 0 Å². The van der Waals surface area contributed by atoms with E-state index in [1.807, 2.05) is 20.8 Å². The first-order chi connectivity index (χ1) is 10.8. The van der Waals surface area contributed by atoms with Gasteiger partial charge in [0, 0.05) is 19.4 Å². The van der Waals surface area contributed by atoms with E-state index in [2.05, 4.69) is 0 Å². The predicted octanol–water partition coefficient (Wildman–Crippen LogP) is 2.58. The molecule has 0 aromatic heterocycles. The standard InChI is InChI=1S/C17H25NO4S/c1-14(2)4-7-16(20)10-11-18(12-13-19)23(21,22)17-8-5-15(3)6-9-17/h5-6,8-9,13-14H,4,7,10-12H2,1-3H3. The van der Waals surface area contributed by atoms with Crippen molar-refractivity contribution in [2.45, 2.75) is 44.9 Å². The molecule has 0 bridgehead atoms. The van der Waals surface area contributed by atoms with E-state index in [0.29, 0.717) is 18.6 Å². The minimum atomic E-state index is -3.76. The van der Waals surface area contributed by atoms with Crippen molar-refractivity contribution in [1.29, 1.82) is 0 Å². The molecule has 1 rings (SSSR count). The Hall–Kier alpha value is -1.53. The van der Waals surface area contributed by atoms with Gasteiger partial charge in [0.2, 0.25) is 10.0 Å². The summed E-state index contributed by atoms with van der Waals surface area (Å²) in [5.41, 5.74) is 0.953. The molecule has 6 heteroatoms. The van der Waals surface area contributed by atoms with Crippen LogP contribution in [0.1, 0.15) is 38.7 Å². The summed E-state index contributed by atoms with van der Waals surface area (Å²) in [5, 5.41) is 0. The summed E-state index contributed by atoms with van der Waals surface area (Å²) in [5.74, 6) is 0.454. The van der Waals surface area contributed by atoms with Crippen molar-refractivity contribution < 1.29 is 18.0 Å². The van der Waals surface area contributed by atoms with Gasteiger partial charge in [-0.05, 0) is 31.4 Å². The Bertz CT molecular complexity index is 620. The fourth-order valence-electron chi connectivity index (χ4n) is 2.08. The summed E-state index contributed by atoms with van der Waals surface area (Å²) in [6, 6.07) is 6.45. The Kier molecular flexibility index (Phi) is 7.58. The van der Waals surface area contributed by atoms with Crippen molar-refractivity contribution in [2.24, 2.45) is 5.92 Å². The highest BCUT2D eigenvalue weighted by molar-refractivity contribution is 7.89. The van der Waals surface area contributed by atoms with Gasteiger partial charge in [-0.25, -0.2) is 8.42 Å². The molecule has 0 radical (unpaired) electrons. The zero-order chi connectivity index (χ0) is 17.5. The molecule has 5 nitrogen and oxygen atoms in total. The van der Waals surface area contributed by atoms with Gasteiger partial charge >= 0.3 is 0 Å². The molecule has 23 heavy (non-hydrogen) atoms. The van der Waals surface area contributed by atoms with Gasteiger partial charge in [-0.3, -0.25) is 4.79 Å².